The lowest BCUT2D eigenvalue weighted by atomic mass is 10.3. The smallest absolute Gasteiger partial charge is 0.277 e. The fraction of sp³-hybridized carbons (Fsp3) is 0.667. The second-order valence-corrected chi connectivity index (χ2v) is 1.71. The second kappa shape index (κ2) is 3.15. The first-order chi connectivity index (χ1) is 5.28. The Morgan fingerprint density at radius 2 is 1.75 bits per heavy atom. The van der Waals surface area contributed by atoms with E-state index in [1.807, 2.05) is 0 Å². The summed E-state index contributed by atoms with van der Waals surface area (Å²) in [5.41, 5.74) is 0. The fourth-order valence-electron chi connectivity index (χ4n) is 0.314. The Morgan fingerprint density at radius 1 is 1.33 bits per heavy atom. The van der Waals surface area contributed by atoms with E-state index in [0.717, 1.165) is 0 Å². The number of alkyl halides is 2. The largest absolute Gasteiger partial charge is 0.580 e. The predicted octanol–water partition coefficient (Wildman–Crippen LogP) is -0.298. The molecule has 0 aliphatic carbocycles. The first kappa shape index (κ1) is 10.3. The van der Waals surface area contributed by atoms with Crippen molar-refractivity contribution in [2.45, 2.75) is 6.05 Å². The molecule has 0 spiro atoms. The highest BCUT2D eigenvalue weighted by atomic mass is 19.3. The molecule has 0 heterocycles. The van der Waals surface area contributed by atoms with Gasteiger partial charge in [-0.2, -0.15) is 0 Å². The van der Waals surface area contributed by atoms with Crippen LogP contribution in [0, 0.1) is 20.2 Å². The van der Waals surface area contributed by atoms with Gasteiger partial charge < -0.3 is 0 Å². The molecule has 0 saturated carbocycles. The number of hydrogen-bond donors (Lipinski definition) is 0. The quantitative estimate of drug-likeness (QED) is 0.339. The van der Waals surface area contributed by atoms with Crippen LogP contribution in [0.15, 0.2) is 0 Å². The van der Waals surface area contributed by atoms with Gasteiger partial charge in [-0.3, -0.25) is 25.0 Å². The maximum Gasteiger partial charge on any atom is 0.580 e. The summed E-state index contributed by atoms with van der Waals surface area (Å²) in [5.74, 6) is -2.34. The number of nitrogens with zero attached hydrogens (tertiary/aromatic N) is 2. The van der Waals surface area contributed by atoms with E-state index in [1.54, 1.807) is 0 Å². The van der Waals surface area contributed by atoms with Crippen molar-refractivity contribution in [1.29, 1.82) is 0 Å². The number of rotatable bonds is 4. The number of carbonyl (C=O) groups is 1. The molecule has 68 valence electrons. The van der Waals surface area contributed by atoms with Gasteiger partial charge in [-0.05, 0) is 0 Å². The van der Waals surface area contributed by atoms with Gasteiger partial charge in [-0.25, -0.2) is 0 Å². The molecule has 0 bridgehead atoms. The number of nitro groups is 2. The van der Waals surface area contributed by atoms with Gasteiger partial charge in [0.2, 0.25) is 0 Å². The van der Waals surface area contributed by atoms with E-state index < -0.39 is 28.2 Å². The number of hydrogen-bond acceptors (Lipinski definition) is 5. The maximum atomic E-state index is 11.9. The third-order valence-electron chi connectivity index (χ3n) is 0.837. The minimum atomic E-state index is -4.87. The molecule has 0 aliphatic rings. The Hall–Kier alpha value is -1.67. The minimum Gasteiger partial charge on any atom is -0.277 e. The molecular weight excluding hydrogens is 182 g/mol. The summed E-state index contributed by atoms with van der Waals surface area (Å²) < 4.78 is 23.9. The van der Waals surface area contributed by atoms with E-state index in [-0.39, 0.29) is 0 Å². The normalized spacial score (nSPS) is 10.8. The van der Waals surface area contributed by atoms with Crippen molar-refractivity contribution < 1.29 is 23.4 Å². The van der Waals surface area contributed by atoms with E-state index in [1.165, 1.54) is 0 Å². The SMILES string of the molecule is O=C(C[N+](=O)[O-])C(F)(F)[N+](=O)[O-]. The standard InChI is InChI=1S/C3H2F2N2O5/c4-3(5,7(11)12)2(8)1-6(9)10/h1H2. The van der Waals surface area contributed by atoms with Gasteiger partial charge in [0.15, 0.2) is 0 Å². The average molecular weight is 184 g/mol. The number of ketones is 1. The first-order valence-electron chi connectivity index (χ1n) is 2.46. The highest BCUT2D eigenvalue weighted by Gasteiger charge is 2.55. The zero-order chi connectivity index (χ0) is 9.94. The Kier molecular flexibility index (Phi) is 2.71. The van der Waals surface area contributed by atoms with Crippen molar-refractivity contribution in [3.63, 3.8) is 0 Å². The fourth-order valence-corrected chi connectivity index (χ4v) is 0.314. The minimum absolute atomic E-state index is 1.36. The van der Waals surface area contributed by atoms with Crippen LogP contribution in [0.5, 0.6) is 0 Å². The molecule has 0 aromatic rings. The van der Waals surface area contributed by atoms with Crippen molar-refractivity contribution in [3.8, 4) is 0 Å². The molecule has 0 rings (SSSR count). The lowest BCUT2D eigenvalue weighted by molar-refractivity contribution is -0.624. The Bertz CT molecular complexity index is 239. The van der Waals surface area contributed by atoms with Crippen LogP contribution in [0.25, 0.3) is 0 Å². The molecule has 9 heteroatoms. The monoisotopic (exact) mass is 184 g/mol. The molecule has 0 atom stereocenters. The van der Waals surface area contributed by atoms with Crippen molar-refractivity contribution in [2.75, 3.05) is 6.54 Å². The molecule has 0 aromatic heterocycles. The summed E-state index contributed by atoms with van der Waals surface area (Å²) in [6.07, 6.45) is 0. The topological polar surface area (TPSA) is 103 Å². The van der Waals surface area contributed by atoms with Gasteiger partial charge in [0.1, 0.15) is 4.92 Å². The molecule has 7 nitrogen and oxygen atoms in total. The third kappa shape index (κ3) is 2.18. The third-order valence-corrected chi connectivity index (χ3v) is 0.837. The van der Waals surface area contributed by atoms with E-state index in [0.29, 0.717) is 0 Å². The summed E-state index contributed by atoms with van der Waals surface area (Å²) in [6.45, 7) is -1.76. The molecule has 0 aromatic carbocycles. The summed E-state index contributed by atoms with van der Waals surface area (Å²) in [4.78, 5) is 25.5. The molecule has 0 N–H and O–H groups in total. The van der Waals surface area contributed by atoms with Crippen LogP contribution in [0.3, 0.4) is 0 Å². The van der Waals surface area contributed by atoms with E-state index >= 15 is 0 Å². The van der Waals surface area contributed by atoms with Crippen LogP contribution in [0.1, 0.15) is 0 Å². The lowest BCUT2D eigenvalue weighted by Crippen LogP contribution is -2.40. The summed E-state index contributed by atoms with van der Waals surface area (Å²) in [5, 5.41) is 19.0. The van der Waals surface area contributed by atoms with Crippen LogP contribution in [-0.2, 0) is 4.79 Å². The molecule has 0 amide bonds. The zero-order valence-corrected chi connectivity index (χ0v) is 5.40. The van der Waals surface area contributed by atoms with Gasteiger partial charge in [0.25, 0.3) is 6.54 Å². The Balaban J connectivity index is 4.47. The molecule has 12 heavy (non-hydrogen) atoms. The average Bonchev–Trinajstić information content (AvgIpc) is 1.85. The van der Waals surface area contributed by atoms with Crippen LogP contribution in [0.4, 0.5) is 8.78 Å². The van der Waals surface area contributed by atoms with E-state index in [4.69, 9.17) is 0 Å². The van der Waals surface area contributed by atoms with Crippen LogP contribution in [0.2, 0.25) is 0 Å². The Labute approximate surface area is 63.3 Å². The zero-order valence-electron chi connectivity index (χ0n) is 5.40. The summed E-state index contributed by atoms with van der Waals surface area (Å²) in [7, 11) is 0. The Morgan fingerprint density at radius 3 is 2.00 bits per heavy atom. The molecule has 0 unspecified atom stereocenters. The van der Waals surface area contributed by atoms with Gasteiger partial charge in [0.05, 0.1) is 0 Å². The highest BCUT2D eigenvalue weighted by Crippen LogP contribution is 2.14. The maximum absolute atomic E-state index is 11.9. The molecular formula is C3H2F2N2O5. The van der Waals surface area contributed by atoms with Gasteiger partial charge >= 0.3 is 11.8 Å². The molecule has 0 radical (unpaired) electrons. The van der Waals surface area contributed by atoms with Crippen molar-refractivity contribution in [1.82, 2.24) is 0 Å². The summed E-state index contributed by atoms with van der Waals surface area (Å²) in [6, 6.07) is -4.87. The van der Waals surface area contributed by atoms with Gasteiger partial charge in [0, 0.05) is 4.92 Å². The van der Waals surface area contributed by atoms with Gasteiger partial charge in [-0.15, -0.1) is 8.78 Å². The summed E-state index contributed by atoms with van der Waals surface area (Å²) >= 11 is 0. The van der Waals surface area contributed by atoms with Crippen molar-refractivity contribution >= 4 is 5.78 Å². The van der Waals surface area contributed by atoms with Crippen LogP contribution < -0.4 is 0 Å². The van der Waals surface area contributed by atoms with Crippen LogP contribution in [-0.4, -0.2) is 28.2 Å². The van der Waals surface area contributed by atoms with Crippen molar-refractivity contribution in [3.05, 3.63) is 20.2 Å². The number of carbonyl (C=O) groups excluding carboxylic acids is 1. The molecule has 0 aliphatic heterocycles. The van der Waals surface area contributed by atoms with Crippen molar-refractivity contribution in [2.24, 2.45) is 0 Å². The molecule has 0 saturated heterocycles. The number of Topliss-reactive ketones (excluding diaryl/α,β-unsaturated/α-hetero) is 1. The van der Waals surface area contributed by atoms with E-state index in [9.17, 15) is 33.8 Å². The van der Waals surface area contributed by atoms with E-state index in [2.05, 4.69) is 0 Å². The second-order valence-electron chi connectivity index (χ2n) is 1.71. The molecule has 0 fully saturated rings. The van der Waals surface area contributed by atoms with Crippen LogP contribution >= 0.6 is 0 Å². The lowest BCUT2D eigenvalue weighted by Gasteiger charge is -2.01. The van der Waals surface area contributed by atoms with Gasteiger partial charge in [-0.1, -0.05) is 0 Å². The number of halogens is 2. The highest BCUT2D eigenvalue weighted by molar-refractivity contribution is 5.84. The predicted molar refractivity (Wildman–Crippen MR) is 28.8 cm³/mol. The first-order valence-corrected chi connectivity index (χ1v) is 2.46.